The van der Waals surface area contributed by atoms with Crippen molar-refractivity contribution in [3.8, 4) is 11.6 Å². The summed E-state index contributed by atoms with van der Waals surface area (Å²) in [5.74, 6) is -3.03. The number of amides is 6. The molecule has 6 amide bonds. The van der Waals surface area contributed by atoms with E-state index in [1.54, 1.807) is 58.3 Å². The zero-order chi connectivity index (χ0) is 39.9. The largest absolute Gasteiger partial charge is 0.497 e. The second kappa shape index (κ2) is 15.1. The highest BCUT2D eigenvalue weighted by Gasteiger charge is 2.62. The topological polar surface area (TPSA) is 220 Å². The van der Waals surface area contributed by atoms with Crippen molar-refractivity contribution in [1.29, 1.82) is 0 Å². The maximum absolute atomic E-state index is 14.5. The standard InChI is InChI=1S/C37H46N6O11S/c1-6-22-19-37(22,34(48)41-55(50,51)25-8-9-25)40-31(46)28-18-24(53-32-26-10-7-23(52-5)17-21(26)13-15-38-32)20-43(28)33(47)27(39-35(49)54-36(2,3)4)11-12-29(44)42-16-14-30(42)45/h6-7,10,13,15,17,22,24-25,27-28H,1,8-9,11-12,14,16,18-20H2,2-5H3,(H,39,49)(H,40,46)(H,41,48)/t22-,24-,27+,28+,37-/m1/s1. The van der Waals surface area contributed by atoms with Gasteiger partial charge in [-0.15, -0.1) is 6.58 Å². The number of hydrogen-bond donors (Lipinski definition) is 3. The molecule has 4 aliphatic rings. The summed E-state index contributed by atoms with van der Waals surface area (Å²) in [5.41, 5.74) is -2.56. The Morgan fingerprint density at radius 1 is 1.15 bits per heavy atom. The van der Waals surface area contributed by atoms with Crippen molar-refractivity contribution >= 4 is 56.4 Å². The number of hydrogen-bond acceptors (Lipinski definition) is 12. The van der Waals surface area contributed by atoms with Crippen molar-refractivity contribution < 1.29 is 51.4 Å². The van der Waals surface area contributed by atoms with Gasteiger partial charge < -0.3 is 29.7 Å². The van der Waals surface area contributed by atoms with Crippen LogP contribution < -0.4 is 24.8 Å². The average molecular weight is 783 g/mol. The molecular formula is C37H46N6O11S. The highest BCUT2D eigenvalue weighted by molar-refractivity contribution is 7.91. The first-order chi connectivity index (χ1) is 25.9. The molecule has 2 saturated heterocycles. The summed E-state index contributed by atoms with van der Waals surface area (Å²) in [4.78, 5) is 86.7. The summed E-state index contributed by atoms with van der Waals surface area (Å²) >= 11 is 0. The number of aromatic nitrogens is 1. The predicted molar refractivity (Wildman–Crippen MR) is 196 cm³/mol. The molecule has 2 aliphatic carbocycles. The molecule has 0 spiro atoms. The van der Waals surface area contributed by atoms with Gasteiger partial charge in [0, 0.05) is 43.3 Å². The van der Waals surface area contributed by atoms with Crippen LogP contribution in [0, 0.1) is 5.92 Å². The van der Waals surface area contributed by atoms with Crippen molar-refractivity contribution in [3.05, 3.63) is 43.1 Å². The predicted octanol–water partition coefficient (Wildman–Crippen LogP) is 1.69. The number of nitrogens with one attached hydrogen (secondary N) is 3. The third-order valence-corrected chi connectivity index (χ3v) is 11.9. The van der Waals surface area contributed by atoms with Gasteiger partial charge >= 0.3 is 6.09 Å². The van der Waals surface area contributed by atoms with Gasteiger partial charge in [0.05, 0.1) is 18.9 Å². The number of β-lactam (4-membered cyclic amide) rings is 1. The molecule has 2 aliphatic heterocycles. The van der Waals surface area contributed by atoms with Gasteiger partial charge in [0.15, 0.2) is 0 Å². The van der Waals surface area contributed by atoms with Gasteiger partial charge in [0.25, 0.3) is 5.91 Å². The summed E-state index contributed by atoms with van der Waals surface area (Å²) in [6.45, 7) is 8.73. The van der Waals surface area contributed by atoms with Crippen LogP contribution in [-0.2, 0) is 38.7 Å². The molecule has 296 valence electrons. The quantitative estimate of drug-likeness (QED) is 0.184. The Kier molecular flexibility index (Phi) is 10.8. The number of carbonyl (C=O) groups is 6. The van der Waals surface area contributed by atoms with E-state index >= 15 is 0 Å². The lowest BCUT2D eigenvalue weighted by Gasteiger charge is -2.31. The van der Waals surface area contributed by atoms with Crippen LogP contribution >= 0.6 is 0 Å². The van der Waals surface area contributed by atoms with Gasteiger partial charge in [-0.05, 0) is 76.1 Å². The Morgan fingerprint density at radius 3 is 2.49 bits per heavy atom. The van der Waals surface area contributed by atoms with E-state index in [0.29, 0.717) is 24.0 Å². The SMILES string of the molecule is C=C[C@@H]1C[C@]1(NC(=O)[C@@H]1C[C@@H](Oc2nccc3cc(OC)ccc23)CN1C(=O)[C@H](CCC(=O)N1CCC1=O)NC(=O)OC(C)(C)C)C(=O)NS(=O)(=O)C1CC1. The van der Waals surface area contributed by atoms with Crippen molar-refractivity contribution in [2.24, 2.45) is 5.92 Å². The fourth-order valence-electron chi connectivity index (χ4n) is 6.79. The fraction of sp³-hybridized carbons (Fsp3) is 0.541. The summed E-state index contributed by atoms with van der Waals surface area (Å²) in [6, 6.07) is 4.41. The summed E-state index contributed by atoms with van der Waals surface area (Å²) in [7, 11) is -2.41. The lowest BCUT2D eigenvalue weighted by Crippen LogP contribution is -2.58. The van der Waals surface area contributed by atoms with E-state index in [1.807, 2.05) is 0 Å². The molecule has 0 bridgehead atoms. The molecule has 4 fully saturated rings. The van der Waals surface area contributed by atoms with Gasteiger partial charge in [-0.1, -0.05) is 6.08 Å². The van der Waals surface area contributed by atoms with Crippen LogP contribution in [0.5, 0.6) is 11.6 Å². The summed E-state index contributed by atoms with van der Waals surface area (Å²) < 4.78 is 44.6. The average Bonchev–Trinajstić information content (AvgIpc) is 4.05. The van der Waals surface area contributed by atoms with Crippen LogP contribution in [0.25, 0.3) is 10.8 Å². The third-order valence-electron chi connectivity index (χ3n) is 10.1. The number of likely N-dealkylation sites (tertiary alicyclic amines) is 2. The maximum atomic E-state index is 14.5. The Balaban J connectivity index is 1.28. The first kappa shape index (κ1) is 39.4. The number of alkyl carbamates (subject to hydrolysis) is 1. The fourth-order valence-corrected chi connectivity index (χ4v) is 8.15. The monoisotopic (exact) mass is 782 g/mol. The molecule has 55 heavy (non-hydrogen) atoms. The second-order valence-corrected chi connectivity index (χ2v) is 17.3. The number of methoxy groups -OCH3 is 1. The molecule has 1 aromatic carbocycles. The Hall–Kier alpha value is -5.26. The molecule has 0 radical (unpaired) electrons. The number of rotatable bonds is 14. The molecule has 0 unspecified atom stereocenters. The van der Waals surface area contributed by atoms with Gasteiger partial charge in [0.1, 0.15) is 35.1 Å². The normalized spacial score (nSPS) is 23.9. The lowest BCUT2D eigenvalue weighted by atomic mass is 10.1. The molecule has 18 heteroatoms. The Bertz CT molecular complexity index is 2030. The van der Waals surface area contributed by atoms with Crippen LogP contribution in [0.1, 0.15) is 65.7 Å². The summed E-state index contributed by atoms with van der Waals surface area (Å²) in [6.07, 6.45) is 1.80. The van der Waals surface area contributed by atoms with Gasteiger partial charge in [0.2, 0.25) is 39.5 Å². The minimum atomic E-state index is -3.95. The van der Waals surface area contributed by atoms with Crippen LogP contribution in [0.3, 0.4) is 0 Å². The van der Waals surface area contributed by atoms with E-state index in [0.717, 1.165) is 10.3 Å². The summed E-state index contributed by atoms with van der Waals surface area (Å²) in [5, 5.41) is 5.97. The second-order valence-electron chi connectivity index (χ2n) is 15.3. The van der Waals surface area contributed by atoms with E-state index in [2.05, 4.69) is 26.9 Å². The van der Waals surface area contributed by atoms with Crippen LogP contribution in [-0.4, -0.2) is 114 Å². The highest BCUT2D eigenvalue weighted by Crippen LogP contribution is 2.45. The number of fused-ring (bicyclic) bond motifs is 1. The Morgan fingerprint density at radius 2 is 1.89 bits per heavy atom. The van der Waals surface area contributed by atoms with E-state index in [9.17, 15) is 37.2 Å². The molecule has 2 aromatic rings. The van der Waals surface area contributed by atoms with Gasteiger partial charge in [-0.3, -0.25) is 33.6 Å². The van der Waals surface area contributed by atoms with Crippen LogP contribution in [0.4, 0.5) is 4.79 Å². The van der Waals surface area contributed by atoms with Crippen LogP contribution in [0.2, 0.25) is 0 Å². The lowest BCUT2D eigenvalue weighted by molar-refractivity contribution is -0.152. The molecule has 17 nitrogen and oxygen atoms in total. The molecule has 5 atom stereocenters. The Labute approximate surface area is 318 Å². The molecule has 6 rings (SSSR count). The van der Waals surface area contributed by atoms with E-state index in [4.69, 9.17) is 14.2 Å². The van der Waals surface area contributed by atoms with Gasteiger partial charge in [-0.25, -0.2) is 18.2 Å². The highest BCUT2D eigenvalue weighted by atomic mass is 32.2. The van der Waals surface area contributed by atoms with Gasteiger partial charge in [-0.2, -0.15) is 0 Å². The zero-order valence-corrected chi connectivity index (χ0v) is 32.0. The number of benzene rings is 1. The van der Waals surface area contributed by atoms with E-state index < -0.39 is 80.2 Å². The number of carbonyl (C=O) groups excluding carboxylic acids is 6. The smallest absolute Gasteiger partial charge is 0.408 e. The van der Waals surface area contributed by atoms with E-state index in [1.165, 1.54) is 11.0 Å². The third kappa shape index (κ3) is 8.68. The van der Waals surface area contributed by atoms with Crippen molar-refractivity contribution in [3.63, 3.8) is 0 Å². The minimum absolute atomic E-state index is 0.0804. The van der Waals surface area contributed by atoms with E-state index in [-0.39, 0.29) is 57.0 Å². The number of ether oxygens (including phenoxy) is 3. The first-order valence-electron chi connectivity index (χ1n) is 18.2. The molecule has 3 heterocycles. The molecule has 3 N–H and O–H groups in total. The maximum Gasteiger partial charge on any atom is 0.408 e. The molecule has 2 saturated carbocycles. The molecular weight excluding hydrogens is 737 g/mol. The van der Waals surface area contributed by atoms with Crippen molar-refractivity contribution in [1.82, 2.24) is 30.1 Å². The first-order valence-corrected chi connectivity index (χ1v) is 19.7. The van der Waals surface area contributed by atoms with Crippen LogP contribution in [0.15, 0.2) is 43.1 Å². The molecule has 1 aromatic heterocycles. The number of imide groups is 1. The number of nitrogens with zero attached hydrogens (tertiary/aromatic N) is 3. The van der Waals surface area contributed by atoms with Crippen molar-refractivity contribution in [2.75, 3.05) is 20.2 Å². The minimum Gasteiger partial charge on any atom is -0.497 e. The number of pyridine rings is 1. The number of sulfonamides is 1. The van der Waals surface area contributed by atoms with Crippen molar-refractivity contribution in [2.45, 2.75) is 100 Å². The zero-order valence-electron chi connectivity index (χ0n) is 31.2.